The number of piperidine rings is 2. The minimum atomic E-state index is -1.07. The Morgan fingerprint density at radius 3 is 2.16 bits per heavy atom. The van der Waals surface area contributed by atoms with Crippen molar-refractivity contribution in [2.24, 2.45) is 11.8 Å². The molecule has 1 atom stereocenters. The number of amides is 2. The number of aliphatic hydroxyl groups is 1. The highest BCUT2D eigenvalue weighted by molar-refractivity contribution is 6.34. The number of hydrogen-bond donors (Lipinski definition) is 1. The molecule has 1 N–H and O–H groups in total. The van der Waals surface area contributed by atoms with Gasteiger partial charge in [0.2, 0.25) is 0 Å². The highest BCUT2D eigenvalue weighted by Gasteiger charge is 2.32. The Kier molecular flexibility index (Phi) is 8.06. The summed E-state index contributed by atoms with van der Waals surface area (Å²) < 4.78 is 0. The van der Waals surface area contributed by atoms with Crippen LogP contribution in [0.3, 0.4) is 0 Å². The van der Waals surface area contributed by atoms with Gasteiger partial charge < -0.3 is 19.8 Å². The largest absolute Gasteiger partial charge is 0.378 e. The molecule has 7 heteroatoms. The van der Waals surface area contributed by atoms with Gasteiger partial charge in [0.25, 0.3) is 11.8 Å². The fraction of sp³-hybridized carbons (Fsp3) is 0.533. The van der Waals surface area contributed by atoms with E-state index >= 15 is 0 Å². The molecule has 1 aliphatic carbocycles. The van der Waals surface area contributed by atoms with E-state index in [2.05, 4.69) is 4.90 Å². The van der Waals surface area contributed by atoms with Crippen molar-refractivity contribution >= 4 is 29.1 Å². The van der Waals surface area contributed by atoms with Gasteiger partial charge in [0.05, 0.1) is 10.6 Å². The number of rotatable bonds is 7. The van der Waals surface area contributed by atoms with Crippen LogP contribution in [-0.4, -0.2) is 66.0 Å². The van der Waals surface area contributed by atoms with E-state index in [1.165, 1.54) is 6.42 Å². The molecule has 3 aliphatic rings. The molecule has 0 unspecified atom stereocenters. The van der Waals surface area contributed by atoms with Crippen molar-refractivity contribution in [2.45, 2.75) is 57.1 Å². The lowest BCUT2D eigenvalue weighted by Crippen LogP contribution is -2.42. The van der Waals surface area contributed by atoms with Gasteiger partial charge in [-0.25, -0.2) is 0 Å². The Morgan fingerprint density at radius 1 is 0.946 bits per heavy atom. The molecule has 3 fully saturated rings. The molecule has 2 aliphatic heterocycles. The lowest BCUT2D eigenvalue weighted by atomic mass is 9.82. The highest BCUT2D eigenvalue weighted by atomic mass is 35.5. The van der Waals surface area contributed by atoms with Gasteiger partial charge in [-0.3, -0.25) is 9.59 Å². The molecular formula is C30H38ClN3O3. The maximum absolute atomic E-state index is 12.8. The third-order valence-corrected chi connectivity index (χ3v) is 8.83. The number of hydrogen-bond acceptors (Lipinski definition) is 4. The molecule has 2 heterocycles. The van der Waals surface area contributed by atoms with Crippen molar-refractivity contribution in [2.75, 3.05) is 38.1 Å². The fourth-order valence-corrected chi connectivity index (χ4v) is 6.19. The van der Waals surface area contributed by atoms with Gasteiger partial charge in [0.1, 0.15) is 0 Å². The average Bonchev–Trinajstić information content (AvgIpc) is 3.78. The molecule has 0 aromatic heterocycles. The summed E-state index contributed by atoms with van der Waals surface area (Å²) in [5, 5.41) is 11.0. The third kappa shape index (κ3) is 6.12. The van der Waals surface area contributed by atoms with Crippen LogP contribution < -0.4 is 4.90 Å². The first-order valence-corrected chi connectivity index (χ1v) is 14.1. The molecule has 2 aromatic carbocycles. The summed E-state index contributed by atoms with van der Waals surface area (Å²) in [6.07, 6.45) is 6.62. The zero-order valence-electron chi connectivity index (χ0n) is 21.7. The number of likely N-dealkylation sites (tertiary alicyclic amines) is 1. The number of anilines is 1. The van der Waals surface area contributed by atoms with E-state index in [-0.39, 0.29) is 11.8 Å². The van der Waals surface area contributed by atoms with Crippen LogP contribution in [0.25, 0.3) is 0 Å². The van der Waals surface area contributed by atoms with E-state index in [0.717, 1.165) is 70.4 Å². The predicted octanol–water partition coefficient (Wildman–Crippen LogP) is 5.15. The van der Waals surface area contributed by atoms with Gasteiger partial charge in [-0.2, -0.15) is 0 Å². The van der Waals surface area contributed by atoms with E-state index in [0.29, 0.717) is 34.0 Å². The average molecular weight is 524 g/mol. The van der Waals surface area contributed by atoms with Crippen LogP contribution in [0.2, 0.25) is 5.02 Å². The third-order valence-electron chi connectivity index (χ3n) is 8.52. The molecule has 198 valence electrons. The molecule has 0 spiro atoms. The van der Waals surface area contributed by atoms with Crippen LogP contribution in [0.15, 0.2) is 48.5 Å². The van der Waals surface area contributed by atoms with Crippen LogP contribution in [0, 0.1) is 11.8 Å². The summed E-state index contributed by atoms with van der Waals surface area (Å²) in [5.41, 5.74) is 2.35. The second-order valence-corrected chi connectivity index (χ2v) is 11.5. The Hall–Kier alpha value is -2.57. The Morgan fingerprint density at radius 2 is 1.57 bits per heavy atom. The van der Waals surface area contributed by atoms with Crippen LogP contribution in [0.5, 0.6) is 0 Å². The van der Waals surface area contributed by atoms with Crippen molar-refractivity contribution in [1.29, 1.82) is 0 Å². The SMILES string of the molecule is CN(C(=O)c1ccc(N2CCC(CC3CCN(C(=O)[C@H](O)c4ccccc4)CC3)CC2)cc1Cl)C1CC1. The second-order valence-electron chi connectivity index (χ2n) is 11.1. The number of benzene rings is 2. The summed E-state index contributed by atoms with van der Waals surface area (Å²) in [6, 6.07) is 15.4. The molecule has 6 nitrogen and oxygen atoms in total. The molecular weight excluding hydrogens is 486 g/mol. The van der Waals surface area contributed by atoms with Crippen molar-refractivity contribution in [1.82, 2.24) is 9.80 Å². The van der Waals surface area contributed by atoms with Crippen molar-refractivity contribution < 1.29 is 14.7 Å². The zero-order chi connectivity index (χ0) is 25.9. The van der Waals surface area contributed by atoms with E-state index in [1.54, 1.807) is 12.1 Å². The van der Waals surface area contributed by atoms with Crippen LogP contribution in [0.1, 0.15) is 67.0 Å². The Labute approximate surface area is 225 Å². The maximum Gasteiger partial charge on any atom is 0.256 e. The number of carbonyl (C=O) groups excluding carboxylic acids is 2. The van der Waals surface area contributed by atoms with Gasteiger partial charge in [0.15, 0.2) is 6.10 Å². The van der Waals surface area contributed by atoms with E-state index < -0.39 is 6.10 Å². The first-order chi connectivity index (χ1) is 17.9. The van der Waals surface area contributed by atoms with Crippen molar-refractivity contribution in [3.05, 3.63) is 64.7 Å². The van der Waals surface area contributed by atoms with Crippen LogP contribution >= 0.6 is 11.6 Å². The molecule has 2 aromatic rings. The normalized spacial score (nSPS) is 20.1. The minimum absolute atomic E-state index is 0.0140. The zero-order valence-corrected chi connectivity index (χ0v) is 22.4. The first-order valence-electron chi connectivity index (χ1n) is 13.7. The second kappa shape index (κ2) is 11.4. The topological polar surface area (TPSA) is 64.1 Å². The summed E-state index contributed by atoms with van der Waals surface area (Å²) in [5.74, 6) is 1.17. The lowest BCUT2D eigenvalue weighted by molar-refractivity contribution is -0.142. The van der Waals surface area contributed by atoms with Gasteiger partial charge in [0, 0.05) is 45.0 Å². The molecule has 5 rings (SSSR count). The Bertz CT molecular complexity index is 1090. The monoisotopic (exact) mass is 523 g/mol. The molecule has 37 heavy (non-hydrogen) atoms. The summed E-state index contributed by atoms with van der Waals surface area (Å²) >= 11 is 6.54. The number of aliphatic hydroxyl groups excluding tert-OH is 1. The summed E-state index contributed by atoms with van der Waals surface area (Å²) in [4.78, 5) is 31.5. The van der Waals surface area contributed by atoms with E-state index in [4.69, 9.17) is 11.6 Å². The predicted molar refractivity (Wildman–Crippen MR) is 147 cm³/mol. The minimum Gasteiger partial charge on any atom is -0.378 e. The molecule has 2 amide bonds. The summed E-state index contributed by atoms with van der Waals surface area (Å²) in [6.45, 7) is 3.45. The number of carbonyl (C=O) groups is 2. The quantitative estimate of drug-likeness (QED) is 0.545. The molecule has 0 bridgehead atoms. The number of halogens is 1. The van der Waals surface area contributed by atoms with Gasteiger partial charge >= 0.3 is 0 Å². The molecule has 2 saturated heterocycles. The summed E-state index contributed by atoms with van der Waals surface area (Å²) in [7, 11) is 1.87. The smallest absolute Gasteiger partial charge is 0.256 e. The van der Waals surface area contributed by atoms with Crippen molar-refractivity contribution in [3.63, 3.8) is 0 Å². The number of nitrogens with zero attached hydrogens (tertiary/aromatic N) is 3. The molecule has 1 saturated carbocycles. The molecule has 0 radical (unpaired) electrons. The Balaban J connectivity index is 1.07. The van der Waals surface area contributed by atoms with E-state index in [1.807, 2.05) is 53.2 Å². The van der Waals surface area contributed by atoms with Crippen molar-refractivity contribution in [3.8, 4) is 0 Å². The lowest BCUT2D eigenvalue weighted by Gasteiger charge is -2.38. The fourth-order valence-electron chi connectivity index (χ4n) is 5.93. The van der Waals surface area contributed by atoms with Crippen LogP contribution in [0.4, 0.5) is 5.69 Å². The van der Waals surface area contributed by atoms with Gasteiger partial charge in [-0.15, -0.1) is 0 Å². The first kappa shape index (κ1) is 26.1. The van der Waals surface area contributed by atoms with Crippen LogP contribution in [-0.2, 0) is 4.79 Å². The standard InChI is InChI=1S/C30H38ClN3O3/c1-32(24-7-8-24)29(36)26-10-9-25(20-27(26)31)33-15-11-21(12-16-33)19-22-13-17-34(18-14-22)30(37)28(35)23-5-3-2-4-6-23/h2-6,9-10,20-22,24,28,35H,7-8,11-19H2,1H3/t28-/m1/s1. The maximum atomic E-state index is 12.8. The van der Waals surface area contributed by atoms with E-state index in [9.17, 15) is 14.7 Å². The van der Waals surface area contributed by atoms with Gasteiger partial charge in [-0.05, 0) is 80.5 Å². The van der Waals surface area contributed by atoms with Gasteiger partial charge in [-0.1, -0.05) is 41.9 Å². The highest BCUT2D eigenvalue weighted by Crippen LogP contribution is 2.34.